The van der Waals surface area contributed by atoms with Crippen LogP contribution in [0.5, 0.6) is 0 Å². The molecule has 0 heterocycles. The molecular formula is C22H26Cl2N2O2S. The van der Waals surface area contributed by atoms with Crippen LogP contribution in [0.1, 0.15) is 26.3 Å². The van der Waals surface area contributed by atoms with E-state index >= 15 is 0 Å². The molecule has 0 aliphatic carbocycles. The highest BCUT2D eigenvalue weighted by molar-refractivity contribution is 8.00. The molecule has 0 aliphatic heterocycles. The predicted octanol–water partition coefficient (Wildman–Crippen LogP) is 5.28. The standard InChI is InChI=1S/C22H26Cl2N2O2S/c1-15(2)12-25-22(28)16(3)26(13-17-4-6-18(23)7-5-17)21(27)14-29-20-10-8-19(24)9-11-20/h4-11,15-16H,12-14H2,1-3H3,(H,25,28)/t16-/m0/s1. The Morgan fingerprint density at radius 3 is 2.07 bits per heavy atom. The fourth-order valence-corrected chi connectivity index (χ4v) is 3.62. The number of hydrogen-bond donors (Lipinski definition) is 1. The van der Waals surface area contributed by atoms with Crippen molar-refractivity contribution >= 4 is 46.8 Å². The topological polar surface area (TPSA) is 49.4 Å². The Balaban J connectivity index is 2.10. The third kappa shape index (κ3) is 7.92. The Bertz CT molecular complexity index is 811. The molecule has 2 aromatic carbocycles. The molecule has 0 saturated carbocycles. The van der Waals surface area contributed by atoms with Crippen molar-refractivity contribution in [1.82, 2.24) is 10.2 Å². The minimum atomic E-state index is -0.581. The Kier molecular flexibility index (Phi) is 9.34. The van der Waals surface area contributed by atoms with Gasteiger partial charge in [-0.3, -0.25) is 9.59 Å². The van der Waals surface area contributed by atoms with Crippen molar-refractivity contribution in [3.05, 3.63) is 64.1 Å². The zero-order valence-electron chi connectivity index (χ0n) is 16.8. The van der Waals surface area contributed by atoms with E-state index in [0.29, 0.717) is 29.1 Å². The van der Waals surface area contributed by atoms with Crippen molar-refractivity contribution < 1.29 is 9.59 Å². The largest absolute Gasteiger partial charge is 0.354 e. The summed E-state index contributed by atoms with van der Waals surface area (Å²) in [7, 11) is 0. The molecule has 2 aromatic rings. The average Bonchev–Trinajstić information content (AvgIpc) is 2.70. The van der Waals surface area contributed by atoms with Gasteiger partial charge in [-0.2, -0.15) is 0 Å². The van der Waals surface area contributed by atoms with Gasteiger partial charge in [0.05, 0.1) is 5.75 Å². The van der Waals surface area contributed by atoms with Gasteiger partial charge in [-0.1, -0.05) is 49.2 Å². The zero-order chi connectivity index (χ0) is 21.4. The summed E-state index contributed by atoms with van der Waals surface area (Å²) in [4.78, 5) is 28.2. The second-order valence-electron chi connectivity index (χ2n) is 7.21. The predicted molar refractivity (Wildman–Crippen MR) is 121 cm³/mol. The van der Waals surface area contributed by atoms with Crippen molar-refractivity contribution in [2.45, 2.75) is 38.3 Å². The van der Waals surface area contributed by atoms with Gasteiger partial charge in [-0.15, -0.1) is 11.8 Å². The maximum absolute atomic E-state index is 13.0. The minimum absolute atomic E-state index is 0.105. The second kappa shape index (κ2) is 11.5. The quantitative estimate of drug-likeness (QED) is 0.526. The smallest absolute Gasteiger partial charge is 0.242 e. The van der Waals surface area contributed by atoms with Crippen LogP contribution in [0.2, 0.25) is 10.0 Å². The minimum Gasteiger partial charge on any atom is -0.354 e. The van der Waals surface area contributed by atoms with Gasteiger partial charge in [-0.05, 0) is 54.8 Å². The van der Waals surface area contributed by atoms with Crippen molar-refractivity contribution in [1.29, 1.82) is 0 Å². The first-order valence-electron chi connectivity index (χ1n) is 9.46. The van der Waals surface area contributed by atoms with Crippen molar-refractivity contribution in [3.63, 3.8) is 0 Å². The summed E-state index contributed by atoms with van der Waals surface area (Å²) in [6.07, 6.45) is 0. The van der Waals surface area contributed by atoms with Gasteiger partial charge in [0.15, 0.2) is 0 Å². The number of carbonyl (C=O) groups is 2. The van der Waals surface area contributed by atoms with E-state index in [1.807, 2.05) is 38.1 Å². The summed E-state index contributed by atoms with van der Waals surface area (Å²) < 4.78 is 0. The highest BCUT2D eigenvalue weighted by Gasteiger charge is 2.26. The zero-order valence-corrected chi connectivity index (χ0v) is 19.2. The van der Waals surface area contributed by atoms with E-state index < -0.39 is 6.04 Å². The fraction of sp³-hybridized carbons (Fsp3) is 0.364. The molecule has 0 aliphatic rings. The molecule has 0 aromatic heterocycles. The van der Waals surface area contributed by atoms with E-state index in [9.17, 15) is 9.59 Å². The lowest BCUT2D eigenvalue weighted by molar-refractivity contribution is -0.138. The average molecular weight is 453 g/mol. The van der Waals surface area contributed by atoms with E-state index in [0.717, 1.165) is 10.5 Å². The van der Waals surface area contributed by atoms with Crippen LogP contribution in [-0.4, -0.2) is 35.1 Å². The SMILES string of the molecule is CC(C)CNC(=O)[C@H](C)N(Cc1ccc(Cl)cc1)C(=O)CSc1ccc(Cl)cc1. The van der Waals surface area contributed by atoms with Crippen LogP contribution >= 0.6 is 35.0 Å². The lowest BCUT2D eigenvalue weighted by atomic mass is 10.1. The van der Waals surface area contributed by atoms with E-state index in [-0.39, 0.29) is 17.6 Å². The third-order valence-electron chi connectivity index (χ3n) is 4.29. The van der Waals surface area contributed by atoms with Gasteiger partial charge in [0, 0.05) is 28.0 Å². The molecule has 0 fully saturated rings. The Morgan fingerprint density at radius 2 is 1.52 bits per heavy atom. The Labute approximate surface area is 187 Å². The van der Waals surface area contributed by atoms with Crippen LogP contribution in [0.3, 0.4) is 0 Å². The van der Waals surface area contributed by atoms with Crippen LogP contribution < -0.4 is 5.32 Å². The van der Waals surface area contributed by atoms with Crippen molar-refractivity contribution in [3.8, 4) is 0 Å². The van der Waals surface area contributed by atoms with E-state index in [4.69, 9.17) is 23.2 Å². The lowest BCUT2D eigenvalue weighted by Gasteiger charge is -2.29. The van der Waals surface area contributed by atoms with Crippen LogP contribution in [-0.2, 0) is 16.1 Å². The highest BCUT2D eigenvalue weighted by atomic mass is 35.5. The molecular weight excluding hydrogens is 427 g/mol. The van der Waals surface area contributed by atoms with Gasteiger partial charge in [0.2, 0.25) is 11.8 Å². The lowest BCUT2D eigenvalue weighted by Crippen LogP contribution is -2.48. The maximum atomic E-state index is 13.0. The molecule has 156 valence electrons. The number of nitrogens with one attached hydrogen (secondary N) is 1. The first-order valence-corrected chi connectivity index (χ1v) is 11.2. The number of thioether (sulfide) groups is 1. The summed E-state index contributed by atoms with van der Waals surface area (Å²) in [6.45, 7) is 6.74. The number of nitrogens with zero attached hydrogens (tertiary/aromatic N) is 1. The summed E-state index contributed by atoms with van der Waals surface area (Å²) in [5, 5.41) is 4.20. The van der Waals surface area contributed by atoms with E-state index in [1.165, 1.54) is 11.8 Å². The number of rotatable bonds is 9. The fourth-order valence-electron chi connectivity index (χ4n) is 2.58. The van der Waals surface area contributed by atoms with E-state index in [2.05, 4.69) is 5.32 Å². The summed E-state index contributed by atoms with van der Waals surface area (Å²) in [5.41, 5.74) is 0.919. The van der Waals surface area contributed by atoms with Crippen molar-refractivity contribution in [2.24, 2.45) is 5.92 Å². The second-order valence-corrected chi connectivity index (χ2v) is 9.13. The monoisotopic (exact) mass is 452 g/mol. The molecule has 0 spiro atoms. The highest BCUT2D eigenvalue weighted by Crippen LogP contribution is 2.22. The number of carbonyl (C=O) groups excluding carboxylic acids is 2. The van der Waals surface area contributed by atoms with Gasteiger partial charge >= 0.3 is 0 Å². The number of hydrogen-bond acceptors (Lipinski definition) is 3. The normalized spacial score (nSPS) is 11.9. The number of halogens is 2. The van der Waals surface area contributed by atoms with Gasteiger partial charge in [0.1, 0.15) is 6.04 Å². The molecule has 0 unspecified atom stereocenters. The van der Waals surface area contributed by atoms with Gasteiger partial charge in [0.25, 0.3) is 0 Å². The third-order valence-corrected chi connectivity index (χ3v) is 5.79. The molecule has 0 bridgehead atoms. The molecule has 1 N–H and O–H groups in total. The van der Waals surface area contributed by atoms with Gasteiger partial charge in [-0.25, -0.2) is 0 Å². The van der Waals surface area contributed by atoms with Crippen LogP contribution in [0.15, 0.2) is 53.4 Å². The van der Waals surface area contributed by atoms with Gasteiger partial charge < -0.3 is 10.2 Å². The first kappa shape index (κ1) is 23.6. The maximum Gasteiger partial charge on any atom is 0.242 e. The summed E-state index contributed by atoms with van der Waals surface area (Å²) in [6, 6.07) is 14.1. The Morgan fingerprint density at radius 1 is 0.966 bits per heavy atom. The molecule has 1 atom stereocenters. The summed E-state index contributed by atoms with van der Waals surface area (Å²) in [5.74, 6) is 0.313. The van der Waals surface area contributed by atoms with Crippen molar-refractivity contribution in [2.75, 3.05) is 12.3 Å². The van der Waals surface area contributed by atoms with Crippen LogP contribution in [0.25, 0.3) is 0 Å². The van der Waals surface area contributed by atoms with Crippen LogP contribution in [0.4, 0.5) is 0 Å². The molecule has 2 rings (SSSR count). The molecule has 0 radical (unpaired) electrons. The molecule has 29 heavy (non-hydrogen) atoms. The number of amides is 2. The molecule has 0 saturated heterocycles. The number of benzene rings is 2. The molecule has 2 amide bonds. The Hall–Kier alpha value is -1.69. The molecule has 7 heteroatoms. The molecule has 4 nitrogen and oxygen atoms in total. The van der Waals surface area contributed by atoms with E-state index in [1.54, 1.807) is 36.1 Å². The van der Waals surface area contributed by atoms with Crippen LogP contribution in [0, 0.1) is 5.92 Å². The first-order chi connectivity index (χ1) is 13.8. The summed E-state index contributed by atoms with van der Waals surface area (Å²) >= 11 is 13.3.